The summed E-state index contributed by atoms with van der Waals surface area (Å²) in [6.07, 6.45) is -1.41. The summed E-state index contributed by atoms with van der Waals surface area (Å²) in [5, 5.41) is 0. The lowest BCUT2D eigenvalue weighted by molar-refractivity contribution is -0.269. The van der Waals surface area contributed by atoms with Gasteiger partial charge in [-0.05, 0) is 79.0 Å². The largest absolute Gasteiger partial charge is 0.473 e. The topological polar surface area (TPSA) is 66.9 Å². The highest BCUT2D eigenvalue weighted by Crippen LogP contribution is 2.62. The minimum Gasteiger partial charge on any atom is -0.473 e. The molecular weight excluding hydrogens is 559 g/mol. The number of ether oxygens (including phenoxy) is 4. The molecule has 226 valence electrons. The Bertz CT molecular complexity index is 1570. The van der Waals surface area contributed by atoms with Gasteiger partial charge in [0, 0.05) is 29.5 Å². The van der Waals surface area contributed by atoms with E-state index < -0.39 is 28.9 Å². The van der Waals surface area contributed by atoms with E-state index in [1.165, 1.54) is 6.07 Å². The molecule has 3 aliphatic carbocycles. The molecule has 0 N–H and O–H groups in total. The van der Waals surface area contributed by atoms with E-state index in [0.29, 0.717) is 32.1 Å². The summed E-state index contributed by atoms with van der Waals surface area (Å²) in [4.78, 5) is 16.7. The predicted octanol–water partition coefficient (Wildman–Crippen LogP) is 6.68. The normalized spacial score (nSPS) is 26.0. The second-order valence-electron chi connectivity index (χ2n) is 12.7. The first kappa shape index (κ1) is 28.3. The summed E-state index contributed by atoms with van der Waals surface area (Å²) in [5.41, 5.74) is 3.97. The lowest BCUT2D eigenvalue weighted by atomic mass is 9.81. The maximum absolute atomic E-state index is 14.1. The van der Waals surface area contributed by atoms with E-state index in [4.69, 9.17) is 18.9 Å². The summed E-state index contributed by atoms with van der Waals surface area (Å²) in [7, 11) is 0. The van der Waals surface area contributed by atoms with E-state index in [9.17, 15) is 18.0 Å². The molecule has 1 saturated heterocycles. The molecule has 0 bridgehead atoms. The minimum absolute atomic E-state index is 0.0721. The number of benzene rings is 2. The third kappa shape index (κ3) is 4.90. The first-order chi connectivity index (χ1) is 20.5. The van der Waals surface area contributed by atoms with Gasteiger partial charge in [0.2, 0.25) is 5.88 Å². The van der Waals surface area contributed by atoms with Gasteiger partial charge in [-0.15, -0.1) is 0 Å². The Labute approximate surface area is 248 Å². The van der Waals surface area contributed by atoms with Crippen LogP contribution in [0.1, 0.15) is 78.0 Å². The number of esters is 1. The Hall–Kier alpha value is -3.43. The Kier molecular flexibility index (Phi) is 6.63. The van der Waals surface area contributed by atoms with E-state index in [2.05, 4.69) is 4.98 Å². The molecular formula is C34H34F3NO5. The van der Waals surface area contributed by atoms with Crippen molar-refractivity contribution in [2.45, 2.75) is 69.4 Å². The molecule has 1 saturated carbocycles. The van der Waals surface area contributed by atoms with Gasteiger partial charge in [-0.2, -0.15) is 13.2 Å². The number of fused-ring (bicyclic) bond motifs is 5. The second-order valence-corrected chi connectivity index (χ2v) is 12.7. The number of hydrogen-bond donors (Lipinski definition) is 0. The van der Waals surface area contributed by atoms with Crippen molar-refractivity contribution in [3.05, 3.63) is 93.7 Å². The highest BCUT2D eigenvalue weighted by molar-refractivity contribution is 5.79. The van der Waals surface area contributed by atoms with Crippen molar-refractivity contribution in [3.63, 3.8) is 0 Å². The van der Waals surface area contributed by atoms with Crippen molar-refractivity contribution in [2.75, 3.05) is 19.8 Å². The summed E-state index contributed by atoms with van der Waals surface area (Å²) in [5.74, 6) is -0.493. The fourth-order valence-corrected chi connectivity index (χ4v) is 7.47. The zero-order valence-electron chi connectivity index (χ0n) is 24.4. The summed E-state index contributed by atoms with van der Waals surface area (Å²) < 4.78 is 65.8. The number of pyridine rings is 1. The van der Waals surface area contributed by atoms with Gasteiger partial charge in [-0.1, -0.05) is 36.4 Å². The van der Waals surface area contributed by atoms with Gasteiger partial charge in [0.1, 0.15) is 6.61 Å². The lowest BCUT2D eigenvalue weighted by Gasteiger charge is -2.42. The molecule has 7 rings (SSSR count). The van der Waals surface area contributed by atoms with Crippen LogP contribution in [-0.2, 0) is 43.6 Å². The maximum atomic E-state index is 14.1. The first-order valence-electron chi connectivity index (χ1n) is 14.9. The van der Waals surface area contributed by atoms with E-state index in [-0.39, 0.29) is 35.9 Å². The van der Waals surface area contributed by atoms with Crippen LogP contribution in [0, 0.1) is 11.8 Å². The number of rotatable bonds is 6. The lowest BCUT2D eigenvalue weighted by Crippen LogP contribution is -2.48. The molecule has 43 heavy (non-hydrogen) atoms. The van der Waals surface area contributed by atoms with Gasteiger partial charge in [0.15, 0.2) is 5.79 Å². The Morgan fingerprint density at radius 2 is 1.81 bits per heavy atom. The van der Waals surface area contributed by atoms with Gasteiger partial charge in [-0.3, -0.25) is 4.79 Å². The highest BCUT2D eigenvalue weighted by Gasteiger charge is 2.60. The molecule has 0 radical (unpaired) electrons. The number of halogens is 3. The minimum atomic E-state index is -4.47. The molecule has 1 aromatic heterocycles. The standard InChI is InChI=1S/C34H34F3NO5/c1-4-40-31(39)30-23-12-20-13-28(38-15-25(20)29(23)30)41-16-19-9-10-26-22(11-19)24(14-33(26)17-42-32(2,3)43-18-33)21-7-5-6-8-27(21)34(35,36)37/h5-11,13,15,23-24,29-30H,4,12,14,16-18H2,1-3H3/t23-,24?,29-,30+/m1/s1. The average Bonchev–Trinajstić information content (AvgIpc) is 3.42. The SMILES string of the molecule is CCOC(=O)[C@H]1[C@@H]2Cc3cc(OCc4ccc5c(c4)C(c4ccccc4C(F)(F)F)CC54COC(C)(C)OC4)ncc3[C@@H]21. The second kappa shape index (κ2) is 10.1. The van der Waals surface area contributed by atoms with Crippen molar-refractivity contribution in [3.8, 4) is 5.88 Å². The number of alkyl halides is 3. The molecule has 4 atom stereocenters. The number of hydrogen-bond acceptors (Lipinski definition) is 6. The van der Waals surface area contributed by atoms with E-state index in [1.807, 2.05) is 45.0 Å². The van der Waals surface area contributed by atoms with Crippen molar-refractivity contribution >= 4 is 5.97 Å². The Morgan fingerprint density at radius 3 is 2.56 bits per heavy atom. The van der Waals surface area contributed by atoms with E-state index in [1.54, 1.807) is 18.3 Å². The fraction of sp³-hybridized carbons (Fsp3) is 0.471. The number of carbonyl (C=O) groups is 1. The number of carbonyl (C=O) groups excluding carboxylic acids is 1. The van der Waals surface area contributed by atoms with Gasteiger partial charge in [-0.25, -0.2) is 4.98 Å². The highest BCUT2D eigenvalue weighted by atomic mass is 19.4. The van der Waals surface area contributed by atoms with Crippen LogP contribution in [0.15, 0.2) is 54.7 Å². The average molecular weight is 594 g/mol. The fourth-order valence-electron chi connectivity index (χ4n) is 7.47. The van der Waals surface area contributed by atoms with Crippen LogP contribution < -0.4 is 4.74 Å². The molecule has 9 heteroatoms. The zero-order valence-corrected chi connectivity index (χ0v) is 24.4. The van der Waals surface area contributed by atoms with Crippen molar-refractivity contribution in [1.82, 2.24) is 4.98 Å². The Balaban J connectivity index is 1.14. The molecule has 4 aliphatic rings. The van der Waals surface area contributed by atoms with Crippen molar-refractivity contribution < 1.29 is 36.9 Å². The molecule has 2 aromatic carbocycles. The van der Waals surface area contributed by atoms with Gasteiger partial charge < -0.3 is 18.9 Å². The van der Waals surface area contributed by atoms with Gasteiger partial charge in [0.05, 0.1) is 31.3 Å². The molecule has 3 aromatic rings. The van der Waals surface area contributed by atoms with Gasteiger partial charge in [0.25, 0.3) is 0 Å². The number of nitrogens with zero attached hydrogens (tertiary/aromatic N) is 1. The molecule has 0 amide bonds. The van der Waals surface area contributed by atoms with Gasteiger partial charge >= 0.3 is 12.1 Å². The van der Waals surface area contributed by atoms with Crippen LogP contribution in [0.2, 0.25) is 0 Å². The third-order valence-electron chi connectivity index (χ3n) is 9.62. The molecule has 6 nitrogen and oxygen atoms in total. The number of aromatic nitrogens is 1. The molecule has 1 aliphatic heterocycles. The third-order valence-corrected chi connectivity index (χ3v) is 9.62. The van der Waals surface area contributed by atoms with Crippen LogP contribution >= 0.6 is 0 Å². The van der Waals surface area contributed by atoms with E-state index in [0.717, 1.165) is 40.3 Å². The Morgan fingerprint density at radius 1 is 1.05 bits per heavy atom. The molecule has 2 fully saturated rings. The summed E-state index contributed by atoms with van der Waals surface area (Å²) >= 11 is 0. The van der Waals surface area contributed by atoms with Crippen LogP contribution in [0.25, 0.3) is 0 Å². The van der Waals surface area contributed by atoms with Crippen LogP contribution in [0.4, 0.5) is 13.2 Å². The molecule has 1 unspecified atom stereocenters. The first-order valence-corrected chi connectivity index (χ1v) is 14.9. The quantitative estimate of drug-likeness (QED) is 0.297. The van der Waals surface area contributed by atoms with Crippen LogP contribution in [-0.4, -0.2) is 36.6 Å². The molecule has 1 spiro atoms. The van der Waals surface area contributed by atoms with E-state index >= 15 is 0 Å². The predicted molar refractivity (Wildman–Crippen MR) is 151 cm³/mol. The summed E-state index contributed by atoms with van der Waals surface area (Å²) in [6.45, 7) is 6.85. The summed E-state index contributed by atoms with van der Waals surface area (Å²) in [6, 6.07) is 13.7. The monoisotopic (exact) mass is 593 g/mol. The van der Waals surface area contributed by atoms with Crippen molar-refractivity contribution in [2.24, 2.45) is 11.8 Å². The molecule has 2 heterocycles. The van der Waals surface area contributed by atoms with Crippen LogP contribution in [0.5, 0.6) is 5.88 Å². The van der Waals surface area contributed by atoms with Crippen LogP contribution in [0.3, 0.4) is 0 Å². The smallest absolute Gasteiger partial charge is 0.416 e. The zero-order chi connectivity index (χ0) is 30.1. The maximum Gasteiger partial charge on any atom is 0.416 e. The van der Waals surface area contributed by atoms with Crippen molar-refractivity contribution in [1.29, 1.82) is 0 Å².